The molecule has 2 aliphatic heterocycles. The number of methoxy groups -OCH3 is 1. The van der Waals surface area contributed by atoms with Crippen LogP contribution in [0.4, 0.5) is 11.8 Å². The summed E-state index contributed by atoms with van der Waals surface area (Å²) in [6.07, 6.45) is 1.71. The maximum atomic E-state index is 12.4. The van der Waals surface area contributed by atoms with Crippen molar-refractivity contribution in [3.05, 3.63) is 52.3 Å². The molecule has 1 aromatic heterocycles. The summed E-state index contributed by atoms with van der Waals surface area (Å²) in [5.41, 5.74) is 0.814. The Morgan fingerprint density at radius 2 is 2.00 bits per heavy atom. The Balaban J connectivity index is 1.66. The highest BCUT2D eigenvalue weighted by Gasteiger charge is 2.45. The number of rotatable bonds is 5. The zero-order valence-corrected chi connectivity index (χ0v) is 16.6. The van der Waals surface area contributed by atoms with Crippen molar-refractivity contribution in [1.82, 2.24) is 9.97 Å². The highest BCUT2D eigenvalue weighted by molar-refractivity contribution is 5.46. The molecule has 0 saturated carbocycles. The van der Waals surface area contributed by atoms with Gasteiger partial charge in [-0.25, -0.2) is 0 Å². The Morgan fingerprint density at radius 3 is 2.71 bits per heavy atom. The summed E-state index contributed by atoms with van der Waals surface area (Å²) in [4.78, 5) is 24.5. The second-order valence-electron chi connectivity index (χ2n) is 7.69. The number of hydrogen-bond acceptors (Lipinski definition) is 6. The summed E-state index contributed by atoms with van der Waals surface area (Å²) >= 11 is 0. The minimum Gasteiger partial charge on any atom is -0.378 e. The molecule has 7 nitrogen and oxygen atoms in total. The average molecular weight is 384 g/mol. The van der Waals surface area contributed by atoms with Crippen LogP contribution in [0.2, 0.25) is 0 Å². The molecule has 0 bridgehead atoms. The average Bonchev–Trinajstić information content (AvgIpc) is 3.06. The van der Waals surface area contributed by atoms with Crippen LogP contribution >= 0.6 is 0 Å². The van der Waals surface area contributed by atoms with Gasteiger partial charge in [0.2, 0.25) is 5.95 Å². The van der Waals surface area contributed by atoms with E-state index >= 15 is 0 Å². The van der Waals surface area contributed by atoms with E-state index in [0.717, 1.165) is 32.5 Å². The molecule has 28 heavy (non-hydrogen) atoms. The Hall–Kier alpha value is -2.38. The van der Waals surface area contributed by atoms with Crippen molar-refractivity contribution in [3.8, 4) is 0 Å². The van der Waals surface area contributed by atoms with Crippen LogP contribution in [0.5, 0.6) is 0 Å². The van der Waals surface area contributed by atoms with E-state index in [9.17, 15) is 4.79 Å². The van der Waals surface area contributed by atoms with E-state index in [4.69, 9.17) is 14.5 Å². The predicted octanol–water partition coefficient (Wildman–Crippen LogP) is 1.83. The van der Waals surface area contributed by atoms with Crippen LogP contribution in [0.1, 0.15) is 18.9 Å². The number of anilines is 2. The standard InChI is InChI=1S/C21H28N4O3/c1-21(27-2)8-9-25(17(21)14-16-6-4-3-5-7-16)20-22-18(15-19(26)23-20)24-10-12-28-13-11-24/h3-7,15,17H,8-14H2,1-2H3,(H,22,23,26)/t17-,21-/m0/s1. The van der Waals surface area contributed by atoms with Gasteiger partial charge in [0.05, 0.1) is 24.9 Å². The predicted molar refractivity (Wildman–Crippen MR) is 109 cm³/mol. The largest absolute Gasteiger partial charge is 0.378 e. The summed E-state index contributed by atoms with van der Waals surface area (Å²) in [5, 5.41) is 0. The Kier molecular flexibility index (Phi) is 5.37. The van der Waals surface area contributed by atoms with Gasteiger partial charge in [-0.05, 0) is 25.3 Å². The number of ether oxygens (including phenoxy) is 2. The number of aromatic nitrogens is 2. The maximum Gasteiger partial charge on any atom is 0.254 e. The summed E-state index contributed by atoms with van der Waals surface area (Å²) in [5.74, 6) is 1.34. The van der Waals surface area contributed by atoms with Crippen molar-refractivity contribution >= 4 is 11.8 Å². The monoisotopic (exact) mass is 384 g/mol. The molecule has 0 unspecified atom stereocenters. The van der Waals surface area contributed by atoms with Crippen molar-refractivity contribution in [2.75, 3.05) is 49.8 Å². The van der Waals surface area contributed by atoms with E-state index in [1.807, 2.05) is 6.07 Å². The topological polar surface area (TPSA) is 70.7 Å². The number of nitrogens with one attached hydrogen (secondary N) is 1. The number of hydrogen-bond donors (Lipinski definition) is 1. The van der Waals surface area contributed by atoms with Gasteiger partial charge in [-0.1, -0.05) is 30.3 Å². The molecular formula is C21H28N4O3. The van der Waals surface area contributed by atoms with Gasteiger partial charge in [0.15, 0.2) is 0 Å². The van der Waals surface area contributed by atoms with Crippen LogP contribution in [0.3, 0.4) is 0 Å². The third-order valence-corrected chi connectivity index (χ3v) is 5.99. The lowest BCUT2D eigenvalue weighted by Gasteiger charge is -2.35. The fourth-order valence-corrected chi connectivity index (χ4v) is 4.17. The van der Waals surface area contributed by atoms with E-state index in [0.29, 0.717) is 25.0 Å². The molecule has 1 aromatic carbocycles. The van der Waals surface area contributed by atoms with E-state index in [-0.39, 0.29) is 17.2 Å². The number of morpholine rings is 1. The summed E-state index contributed by atoms with van der Waals surface area (Å²) < 4.78 is 11.3. The molecule has 150 valence electrons. The van der Waals surface area contributed by atoms with Crippen molar-refractivity contribution in [2.24, 2.45) is 0 Å². The maximum absolute atomic E-state index is 12.4. The zero-order valence-electron chi connectivity index (χ0n) is 16.6. The third-order valence-electron chi connectivity index (χ3n) is 5.99. The number of H-pyrrole nitrogens is 1. The minimum absolute atomic E-state index is 0.0861. The van der Waals surface area contributed by atoms with Crippen LogP contribution in [0, 0.1) is 0 Å². The Morgan fingerprint density at radius 1 is 1.25 bits per heavy atom. The minimum atomic E-state index is -0.302. The molecule has 0 aliphatic carbocycles. The molecule has 0 radical (unpaired) electrons. The highest BCUT2D eigenvalue weighted by Crippen LogP contribution is 2.35. The van der Waals surface area contributed by atoms with Gasteiger partial charge in [0.25, 0.3) is 5.56 Å². The van der Waals surface area contributed by atoms with Gasteiger partial charge < -0.3 is 19.3 Å². The quantitative estimate of drug-likeness (QED) is 0.848. The van der Waals surface area contributed by atoms with E-state index in [2.05, 4.69) is 46.0 Å². The van der Waals surface area contributed by atoms with Gasteiger partial charge in [-0.2, -0.15) is 4.98 Å². The summed E-state index contributed by atoms with van der Waals surface area (Å²) in [6.45, 7) is 5.75. The van der Waals surface area contributed by atoms with E-state index < -0.39 is 0 Å². The van der Waals surface area contributed by atoms with Gasteiger partial charge in [-0.15, -0.1) is 0 Å². The molecule has 2 aromatic rings. The van der Waals surface area contributed by atoms with Crippen LogP contribution < -0.4 is 15.4 Å². The van der Waals surface area contributed by atoms with E-state index in [1.54, 1.807) is 13.2 Å². The normalized spacial score (nSPS) is 25.3. The summed E-state index contributed by atoms with van der Waals surface area (Å²) in [6, 6.07) is 12.1. The third kappa shape index (κ3) is 3.77. The fourth-order valence-electron chi connectivity index (χ4n) is 4.17. The van der Waals surface area contributed by atoms with Crippen molar-refractivity contribution in [1.29, 1.82) is 0 Å². The van der Waals surface area contributed by atoms with Crippen LogP contribution in [-0.2, 0) is 15.9 Å². The van der Waals surface area contributed by atoms with Crippen LogP contribution in [-0.4, -0.2) is 61.6 Å². The molecule has 4 rings (SSSR count). The first kappa shape index (κ1) is 19.0. The van der Waals surface area contributed by atoms with Crippen molar-refractivity contribution in [3.63, 3.8) is 0 Å². The molecule has 3 heterocycles. The highest BCUT2D eigenvalue weighted by atomic mass is 16.5. The number of nitrogens with zero attached hydrogens (tertiary/aromatic N) is 3. The lowest BCUT2D eigenvalue weighted by atomic mass is 9.91. The molecular weight excluding hydrogens is 356 g/mol. The van der Waals surface area contributed by atoms with E-state index in [1.165, 1.54) is 5.56 Å². The van der Waals surface area contributed by atoms with Crippen LogP contribution in [0.15, 0.2) is 41.2 Å². The van der Waals surface area contributed by atoms with Gasteiger partial charge >= 0.3 is 0 Å². The molecule has 2 aliphatic rings. The SMILES string of the molecule is CO[C@@]1(C)CCN(c2nc(N3CCOCC3)cc(=O)[nH]2)[C@H]1Cc1ccccc1. The molecule has 0 amide bonds. The lowest BCUT2D eigenvalue weighted by molar-refractivity contribution is -0.000589. The second kappa shape index (κ2) is 7.93. The molecule has 2 saturated heterocycles. The first-order valence-corrected chi connectivity index (χ1v) is 9.89. The molecule has 7 heteroatoms. The van der Waals surface area contributed by atoms with Gasteiger partial charge in [0, 0.05) is 32.8 Å². The number of benzene rings is 1. The van der Waals surface area contributed by atoms with Crippen molar-refractivity contribution < 1.29 is 9.47 Å². The second-order valence-corrected chi connectivity index (χ2v) is 7.69. The van der Waals surface area contributed by atoms with Crippen LogP contribution in [0.25, 0.3) is 0 Å². The fraction of sp³-hybridized carbons (Fsp3) is 0.524. The smallest absolute Gasteiger partial charge is 0.254 e. The first-order chi connectivity index (χ1) is 13.6. The van der Waals surface area contributed by atoms with Gasteiger partial charge in [-0.3, -0.25) is 9.78 Å². The first-order valence-electron chi connectivity index (χ1n) is 9.89. The zero-order chi connectivity index (χ0) is 19.6. The molecule has 1 N–H and O–H groups in total. The molecule has 2 atom stereocenters. The lowest BCUT2D eigenvalue weighted by Crippen LogP contribution is -2.46. The summed E-state index contributed by atoms with van der Waals surface area (Å²) in [7, 11) is 1.77. The van der Waals surface area contributed by atoms with Crippen molar-refractivity contribution in [2.45, 2.75) is 31.4 Å². The van der Waals surface area contributed by atoms with Gasteiger partial charge in [0.1, 0.15) is 5.82 Å². The Bertz CT molecular complexity index is 850. The molecule has 2 fully saturated rings. The Labute approximate surface area is 165 Å². The number of aromatic amines is 1. The molecule has 0 spiro atoms.